The van der Waals surface area contributed by atoms with Crippen LogP contribution in [-0.2, 0) is 6.54 Å². The van der Waals surface area contributed by atoms with Gasteiger partial charge in [0.1, 0.15) is 0 Å². The molecular formula is C14H11BrClN5. The number of hydrogen-bond donors (Lipinski definition) is 1. The fraction of sp³-hybridized carbons (Fsp3) is 0.0714. The molecule has 0 atom stereocenters. The summed E-state index contributed by atoms with van der Waals surface area (Å²) in [5.41, 5.74) is 8.10. The summed E-state index contributed by atoms with van der Waals surface area (Å²) in [5, 5.41) is 12.9. The first-order valence-corrected chi connectivity index (χ1v) is 7.36. The monoisotopic (exact) mass is 363 g/mol. The molecule has 1 aromatic heterocycles. The van der Waals surface area contributed by atoms with Crippen LogP contribution >= 0.6 is 27.5 Å². The SMILES string of the molecule is Nc1ccc(-c2nnn(Cc3ccc(Br)cc3)n2)cc1Cl. The molecule has 2 N–H and O–H groups in total. The number of hydrogen-bond acceptors (Lipinski definition) is 4. The molecule has 3 rings (SSSR count). The normalized spacial score (nSPS) is 10.8. The lowest BCUT2D eigenvalue weighted by Gasteiger charge is -2.00. The Kier molecular flexibility index (Phi) is 3.90. The maximum atomic E-state index is 6.00. The molecule has 0 bridgehead atoms. The first-order chi connectivity index (χ1) is 10.1. The number of nitrogen functional groups attached to an aromatic ring is 1. The fourth-order valence-corrected chi connectivity index (χ4v) is 2.29. The second kappa shape index (κ2) is 5.83. The topological polar surface area (TPSA) is 69.6 Å². The summed E-state index contributed by atoms with van der Waals surface area (Å²) in [4.78, 5) is 1.54. The highest BCUT2D eigenvalue weighted by Crippen LogP contribution is 2.24. The third kappa shape index (κ3) is 3.22. The van der Waals surface area contributed by atoms with E-state index < -0.39 is 0 Å². The molecule has 2 aromatic carbocycles. The lowest BCUT2D eigenvalue weighted by atomic mass is 10.2. The zero-order chi connectivity index (χ0) is 14.8. The summed E-state index contributed by atoms with van der Waals surface area (Å²) in [6.07, 6.45) is 0. The van der Waals surface area contributed by atoms with E-state index in [0.717, 1.165) is 15.6 Å². The van der Waals surface area contributed by atoms with Gasteiger partial charge in [0.15, 0.2) is 0 Å². The number of nitrogens with two attached hydrogens (primary N) is 1. The summed E-state index contributed by atoms with van der Waals surface area (Å²) < 4.78 is 1.04. The van der Waals surface area contributed by atoms with Crippen LogP contribution in [0.3, 0.4) is 0 Å². The molecule has 1 heterocycles. The minimum Gasteiger partial charge on any atom is -0.398 e. The zero-order valence-corrected chi connectivity index (χ0v) is 13.2. The Hall–Kier alpha value is -1.92. The summed E-state index contributed by atoms with van der Waals surface area (Å²) >= 11 is 9.41. The van der Waals surface area contributed by atoms with Crippen molar-refractivity contribution < 1.29 is 0 Å². The Labute approximate surface area is 134 Å². The molecule has 0 fully saturated rings. The van der Waals surface area contributed by atoms with E-state index in [-0.39, 0.29) is 0 Å². The van der Waals surface area contributed by atoms with Crippen molar-refractivity contribution >= 4 is 33.2 Å². The molecule has 0 saturated carbocycles. The molecule has 21 heavy (non-hydrogen) atoms. The van der Waals surface area contributed by atoms with Gasteiger partial charge >= 0.3 is 0 Å². The summed E-state index contributed by atoms with van der Waals surface area (Å²) in [5.74, 6) is 0.522. The Bertz CT molecular complexity index is 769. The van der Waals surface area contributed by atoms with Crippen molar-refractivity contribution in [1.29, 1.82) is 0 Å². The van der Waals surface area contributed by atoms with Crippen LogP contribution in [0.2, 0.25) is 5.02 Å². The van der Waals surface area contributed by atoms with Crippen LogP contribution in [0, 0.1) is 0 Å². The second-order valence-corrected chi connectivity index (χ2v) is 5.83. The van der Waals surface area contributed by atoms with Crippen molar-refractivity contribution in [3.8, 4) is 11.4 Å². The van der Waals surface area contributed by atoms with E-state index in [1.165, 1.54) is 0 Å². The maximum absolute atomic E-state index is 6.00. The largest absolute Gasteiger partial charge is 0.398 e. The van der Waals surface area contributed by atoms with Crippen molar-refractivity contribution in [2.75, 3.05) is 5.73 Å². The number of halogens is 2. The van der Waals surface area contributed by atoms with Crippen molar-refractivity contribution in [2.24, 2.45) is 0 Å². The van der Waals surface area contributed by atoms with Crippen LogP contribution in [0.15, 0.2) is 46.9 Å². The number of aromatic nitrogens is 4. The highest BCUT2D eigenvalue weighted by atomic mass is 79.9. The van der Waals surface area contributed by atoms with E-state index in [1.54, 1.807) is 16.9 Å². The van der Waals surface area contributed by atoms with E-state index in [9.17, 15) is 0 Å². The van der Waals surface area contributed by atoms with Crippen LogP contribution in [0.1, 0.15) is 5.56 Å². The summed E-state index contributed by atoms with van der Waals surface area (Å²) in [6, 6.07) is 13.3. The van der Waals surface area contributed by atoms with Crippen LogP contribution < -0.4 is 5.73 Å². The average Bonchev–Trinajstić information content (AvgIpc) is 2.93. The molecule has 106 valence electrons. The van der Waals surface area contributed by atoms with Gasteiger partial charge in [0.05, 0.1) is 17.3 Å². The second-order valence-electron chi connectivity index (χ2n) is 4.51. The summed E-state index contributed by atoms with van der Waals surface area (Å²) in [6.45, 7) is 0.559. The first kappa shape index (κ1) is 14.0. The van der Waals surface area contributed by atoms with Gasteiger partial charge < -0.3 is 5.73 Å². The summed E-state index contributed by atoms with van der Waals surface area (Å²) in [7, 11) is 0. The van der Waals surface area contributed by atoms with Crippen LogP contribution in [0.25, 0.3) is 11.4 Å². The van der Waals surface area contributed by atoms with Gasteiger partial charge in [-0.2, -0.15) is 4.80 Å². The highest BCUT2D eigenvalue weighted by molar-refractivity contribution is 9.10. The van der Waals surface area contributed by atoms with Crippen molar-refractivity contribution in [2.45, 2.75) is 6.54 Å². The molecule has 0 spiro atoms. The molecule has 0 amide bonds. The van der Waals surface area contributed by atoms with Gasteiger partial charge in [0.25, 0.3) is 0 Å². The van der Waals surface area contributed by atoms with E-state index in [1.807, 2.05) is 30.3 Å². The minimum absolute atomic E-state index is 0.483. The Morgan fingerprint density at radius 3 is 2.62 bits per heavy atom. The van der Waals surface area contributed by atoms with Crippen LogP contribution in [0.4, 0.5) is 5.69 Å². The zero-order valence-electron chi connectivity index (χ0n) is 10.9. The third-order valence-electron chi connectivity index (χ3n) is 2.95. The fourth-order valence-electron chi connectivity index (χ4n) is 1.85. The predicted molar refractivity (Wildman–Crippen MR) is 85.9 cm³/mol. The van der Waals surface area contributed by atoms with Gasteiger partial charge in [-0.1, -0.05) is 39.7 Å². The number of rotatable bonds is 3. The average molecular weight is 365 g/mol. The molecule has 0 radical (unpaired) electrons. The maximum Gasteiger partial charge on any atom is 0.204 e. The molecule has 3 aromatic rings. The van der Waals surface area contributed by atoms with Crippen molar-refractivity contribution in [1.82, 2.24) is 20.2 Å². The number of tetrazole rings is 1. The van der Waals surface area contributed by atoms with Gasteiger partial charge in [-0.25, -0.2) is 0 Å². The number of benzene rings is 2. The van der Waals surface area contributed by atoms with Crippen molar-refractivity contribution in [3.63, 3.8) is 0 Å². The molecule has 7 heteroatoms. The quantitative estimate of drug-likeness (QED) is 0.723. The van der Waals surface area contributed by atoms with Crippen LogP contribution in [0.5, 0.6) is 0 Å². The van der Waals surface area contributed by atoms with Gasteiger partial charge in [-0.05, 0) is 41.1 Å². The first-order valence-electron chi connectivity index (χ1n) is 6.19. The Morgan fingerprint density at radius 2 is 1.90 bits per heavy atom. The molecular weight excluding hydrogens is 354 g/mol. The van der Waals surface area contributed by atoms with E-state index in [0.29, 0.717) is 23.1 Å². The smallest absolute Gasteiger partial charge is 0.204 e. The standard InChI is InChI=1S/C14H11BrClN5/c15-11-4-1-9(2-5-11)8-21-19-14(18-20-21)10-3-6-13(17)12(16)7-10/h1-7H,8,17H2. The predicted octanol–water partition coefficient (Wildman–Crippen LogP) is 3.39. The molecule has 5 nitrogen and oxygen atoms in total. The van der Waals surface area contributed by atoms with Crippen LogP contribution in [-0.4, -0.2) is 20.2 Å². The molecule has 0 aliphatic heterocycles. The third-order valence-corrected chi connectivity index (χ3v) is 3.80. The van der Waals surface area contributed by atoms with Crippen molar-refractivity contribution in [3.05, 3.63) is 57.5 Å². The van der Waals surface area contributed by atoms with E-state index >= 15 is 0 Å². The Balaban J connectivity index is 1.82. The Morgan fingerprint density at radius 1 is 1.14 bits per heavy atom. The number of anilines is 1. The lowest BCUT2D eigenvalue weighted by molar-refractivity contribution is 0.573. The molecule has 0 saturated heterocycles. The molecule has 0 aliphatic carbocycles. The van der Waals surface area contributed by atoms with Gasteiger partial charge in [0, 0.05) is 10.0 Å². The van der Waals surface area contributed by atoms with E-state index in [2.05, 4.69) is 31.3 Å². The van der Waals surface area contributed by atoms with Gasteiger partial charge in [0.2, 0.25) is 5.82 Å². The minimum atomic E-state index is 0.483. The molecule has 0 aliphatic rings. The lowest BCUT2D eigenvalue weighted by Crippen LogP contribution is -2.03. The highest BCUT2D eigenvalue weighted by Gasteiger charge is 2.08. The number of nitrogens with zero attached hydrogens (tertiary/aromatic N) is 4. The van der Waals surface area contributed by atoms with Gasteiger partial charge in [-0.3, -0.25) is 0 Å². The van der Waals surface area contributed by atoms with Gasteiger partial charge in [-0.15, -0.1) is 10.2 Å². The molecule has 0 unspecified atom stereocenters. The van der Waals surface area contributed by atoms with E-state index in [4.69, 9.17) is 17.3 Å².